The van der Waals surface area contributed by atoms with Crippen molar-refractivity contribution in [1.82, 2.24) is 15.8 Å². The van der Waals surface area contributed by atoms with Crippen LogP contribution in [0.5, 0.6) is 5.75 Å². The molecule has 1 aliphatic carbocycles. The third-order valence-electron chi connectivity index (χ3n) is 7.46. The van der Waals surface area contributed by atoms with Gasteiger partial charge < -0.3 is 14.7 Å². The molecule has 2 aromatic carbocycles. The van der Waals surface area contributed by atoms with E-state index in [9.17, 15) is 14.7 Å². The van der Waals surface area contributed by atoms with Gasteiger partial charge >= 0.3 is 5.97 Å². The number of methoxy groups -OCH3 is 1. The maximum Gasteiger partial charge on any atom is 0.335 e. The molecular weight excluding hydrogens is 406 g/mol. The molecule has 7 heteroatoms. The number of hydrazine groups is 1. The van der Waals surface area contributed by atoms with Crippen molar-refractivity contribution in [2.24, 2.45) is 5.41 Å². The average Bonchev–Trinajstić information content (AvgIpc) is 3.24. The lowest BCUT2D eigenvalue weighted by molar-refractivity contribution is -0.134. The van der Waals surface area contributed by atoms with Gasteiger partial charge in [0.15, 0.2) is 0 Å². The summed E-state index contributed by atoms with van der Waals surface area (Å²) in [5, 5.41) is 9.33. The van der Waals surface area contributed by atoms with Crippen LogP contribution in [0.15, 0.2) is 42.5 Å². The number of rotatable bonds is 5. The fourth-order valence-electron chi connectivity index (χ4n) is 5.40. The molecule has 0 aromatic heterocycles. The maximum absolute atomic E-state index is 12.7. The number of amides is 1. The van der Waals surface area contributed by atoms with E-state index in [1.807, 2.05) is 4.90 Å². The normalized spacial score (nSPS) is 23.8. The molecule has 2 atom stereocenters. The van der Waals surface area contributed by atoms with E-state index in [1.54, 1.807) is 25.3 Å². The van der Waals surface area contributed by atoms with Gasteiger partial charge in [-0.25, -0.2) is 10.2 Å². The van der Waals surface area contributed by atoms with Gasteiger partial charge in [0.25, 0.3) is 0 Å². The van der Waals surface area contributed by atoms with Crippen LogP contribution in [0.4, 0.5) is 0 Å². The summed E-state index contributed by atoms with van der Waals surface area (Å²) in [6.45, 7) is 2.52. The van der Waals surface area contributed by atoms with Crippen LogP contribution in [0.1, 0.15) is 47.5 Å². The summed E-state index contributed by atoms with van der Waals surface area (Å²) in [4.78, 5) is 26.0. The number of carboxylic acid groups (broad SMARTS) is 1. The molecule has 0 radical (unpaired) electrons. The SMILES string of the molecule is COc1ccc(C(=O)O)cc1-c1ccc([C@H]2CC23CCN(C(=O)C2CCNN2)CC3)cc1. The van der Waals surface area contributed by atoms with Crippen LogP contribution in [0.3, 0.4) is 0 Å². The number of nitrogens with zero attached hydrogens (tertiary/aromatic N) is 1. The zero-order valence-electron chi connectivity index (χ0n) is 18.3. The molecule has 32 heavy (non-hydrogen) atoms. The summed E-state index contributed by atoms with van der Waals surface area (Å²) in [5.41, 5.74) is 9.74. The fraction of sp³-hybridized carbons (Fsp3) is 0.440. The zero-order chi connectivity index (χ0) is 22.3. The summed E-state index contributed by atoms with van der Waals surface area (Å²) >= 11 is 0. The molecule has 2 aromatic rings. The second-order valence-corrected chi connectivity index (χ2v) is 9.20. The molecule has 168 valence electrons. The highest BCUT2D eigenvalue weighted by Crippen LogP contribution is 2.65. The molecule has 1 saturated carbocycles. The topological polar surface area (TPSA) is 90.9 Å². The van der Waals surface area contributed by atoms with E-state index in [-0.39, 0.29) is 17.5 Å². The van der Waals surface area contributed by atoms with E-state index in [1.165, 1.54) is 12.0 Å². The largest absolute Gasteiger partial charge is 0.496 e. The molecule has 1 spiro atoms. The lowest BCUT2D eigenvalue weighted by atomic mass is 9.88. The first-order chi connectivity index (χ1) is 15.5. The Balaban J connectivity index is 1.26. The number of piperidine rings is 1. The highest BCUT2D eigenvalue weighted by Gasteiger charge is 2.55. The number of likely N-dealkylation sites (tertiary alicyclic amines) is 1. The second kappa shape index (κ2) is 8.22. The first-order valence-corrected chi connectivity index (χ1v) is 11.3. The molecule has 0 bridgehead atoms. The van der Waals surface area contributed by atoms with Crippen molar-refractivity contribution < 1.29 is 19.4 Å². The number of carboxylic acids is 1. The number of ether oxygens (including phenoxy) is 1. The number of carbonyl (C=O) groups is 2. The predicted octanol–water partition coefficient (Wildman–Crippen LogP) is 3.02. The molecule has 3 fully saturated rings. The molecule has 2 aliphatic heterocycles. The molecule has 3 N–H and O–H groups in total. The summed E-state index contributed by atoms with van der Waals surface area (Å²) in [5.74, 6) is 0.473. The van der Waals surface area contributed by atoms with Gasteiger partial charge in [0, 0.05) is 25.2 Å². The molecule has 3 aliphatic rings. The van der Waals surface area contributed by atoms with Crippen LogP contribution in [0, 0.1) is 5.41 Å². The van der Waals surface area contributed by atoms with Crippen molar-refractivity contribution >= 4 is 11.9 Å². The number of hydrogen-bond donors (Lipinski definition) is 3. The predicted molar refractivity (Wildman–Crippen MR) is 121 cm³/mol. The van der Waals surface area contributed by atoms with Crippen LogP contribution in [0.2, 0.25) is 0 Å². The Kier molecular flexibility index (Phi) is 5.39. The van der Waals surface area contributed by atoms with Gasteiger partial charge in [-0.05, 0) is 66.3 Å². The standard InChI is InChI=1S/C25H29N3O4/c1-32-22-7-6-18(24(30)31)14-19(22)16-2-4-17(5-3-16)20-15-25(20)9-12-28(13-10-25)23(29)21-8-11-26-27-21/h2-7,14,20-21,26-27H,8-13,15H2,1H3,(H,30,31)/t20-,21?/m1/s1. The van der Waals surface area contributed by atoms with Crippen LogP contribution >= 0.6 is 0 Å². The second-order valence-electron chi connectivity index (χ2n) is 9.20. The minimum atomic E-state index is -0.949. The maximum atomic E-state index is 12.7. The Labute approximate surface area is 187 Å². The Bertz CT molecular complexity index is 1020. The highest BCUT2D eigenvalue weighted by atomic mass is 16.5. The van der Waals surface area contributed by atoms with E-state index >= 15 is 0 Å². The Morgan fingerprint density at radius 2 is 1.88 bits per heavy atom. The quantitative estimate of drug-likeness (QED) is 0.669. The van der Waals surface area contributed by atoms with Gasteiger partial charge in [0.1, 0.15) is 11.8 Å². The monoisotopic (exact) mass is 435 g/mol. The first-order valence-electron chi connectivity index (χ1n) is 11.3. The Morgan fingerprint density at radius 3 is 2.50 bits per heavy atom. The Morgan fingerprint density at radius 1 is 1.12 bits per heavy atom. The number of benzene rings is 2. The number of nitrogens with one attached hydrogen (secondary N) is 2. The fourth-order valence-corrected chi connectivity index (χ4v) is 5.40. The van der Waals surface area contributed by atoms with Crippen LogP contribution in [0.25, 0.3) is 11.1 Å². The number of carbonyl (C=O) groups excluding carboxylic acids is 1. The van der Waals surface area contributed by atoms with E-state index < -0.39 is 5.97 Å². The number of hydrogen-bond acceptors (Lipinski definition) is 5. The molecule has 2 saturated heterocycles. The van der Waals surface area contributed by atoms with E-state index in [0.29, 0.717) is 17.1 Å². The lowest BCUT2D eigenvalue weighted by Gasteiger charge is -2.34. The summed E-state index contributed by atoms with van der Waals surface area (Å²) < 4.78 is 5.45. The molecule has 5 rings (SSSR count). The van der Waals surface area contributed by atoms with Crippen LogP contribution in [-0.4, -0.2) is 54.7 Å². The Hall–Kier alpha value is -2.90. The van der Waals surface area contributed by atoms with Gasteiger partial charge in [-0.2, -0.15) is 0 Å². The third-order valence-corrected chi connectivity index (χ3v) is 7.46. The minimum Gasteiger partial charge on any atom is -0.496 e. The van der Waals surface area contributed by atoms with Gasteiger partial charge in [0.2, 0.25) is 5.91 Å². The van der Waals surface area contributed by atoms with Crippen molar-refractivity contribution in [1.29, 1.82) is 0 Å². The van der Waals surface area contributed by atoms with Crippen molar-refractivity contribution in [2.45, 2.75) is 37.6 Å². The molecule has 1 unspecified atom stereocenters. The first kappa shape index (κ1) is 21.0. The zero-order valence-corrected chi connectivity index (χ0v) is 18.3. The van der Waals surface area contributed by atoms with Crippen molar-refractivity contribution in [2.75, 3.05) is 26.7 Å². The lowest BCUT2D eigenvalue weighted by Crippen LogP contribution is -2.48. The van der Waals surface area contributed by atoms with Crippen molar-refractivity contribution in [3.8, 4) is 16.9 Å². The number of aromatic carboxylic acids is 1. The smallest absolute Gasteiger partial charge is 0.335 e. The molecule has 2 heterocycles. The van der Waals surface area contributed by atoms with Gasteiger partial charge in [-0.3, -0.25) is 10.2 Å². The summed E-state index contributed by atoms with van der Waals surface area (Å²) in [6.07, 6.45) is 4.14. The summed E-state index contributed by atoms with van der Waals surface area (Å²) in [6, 6.07) is 13.3. The highest BCUT2D eigenvalue weighted by molar-refractivity contribution is 5.90. The van der Waals surface area contributed by atoms with Crippen molar-refractivity contribution in [3.63, 3.8) is 0 Å². The van der Waals surface area contributed by atoms with Crippen LogP contribution in [-0.2, 0) is 4.79 Å². The van der Waals surface area contributed by atoms with Gasteiger partial charge in [0.05, 0.1) is 12.7 Å². The van der Waals surface area contributed by atoms with E-state index in [0.717, 1.165) is 50.0 Å². The van der Waals surface area contributed by atoms with Crippen molar-refractivity contribution in [3.05, 3.63) is 53.6 Å². The van der Waals surface area contributed by atoms with E-state index in [2.05, 4.69) is 35.1 Å². The molecule has 1 amide bonds. The molecule has 7 nitrogen and oxygen atoms in total. The van der Waals surface area contributed by atoms with Crippen LogP contribution < -0.4 is 15.6 Å². The average molecular weight is 436 g/mol. The third kappa shape index (κ3) is 3.76. The van der Waals surface area contributed by atoms with Gasteiger partial charge in [-0.15, -0.1) is 0 Å². The van der Waals surface area contributed by atoms with E-state index in [4.69, 9.17) is 4.74 Å². The molecular formula is C25H29N3O4. The van der Waals surface area contributed by atoms with Gasteiger partial charge in [-0.1, -0.05) is 24.3 Å². The summed E-state index contributed by atoms with van der Waals surface area (Å²) in [7, 11) is 1.60. The minimum absolute atomic E-state index is 0.0804.